The summed E-state index contributed by atoms with van der Waals surface area (Å²) in [7, 11) is 0. The quantitative estimate of drug-likeness (QED) is 0.622. The first-order valence-corrected chi connectivity index (χ1v) is 5.62. The van der Waals surface area contributed by atoms with Crippen molar-refractivity contribution in [1.82, 2.24) is 10.1 Å². The van der Waals surface area contributed by atoms with E-state index in [0.717, 1.165) is 12.1 Å². The van der Waals surface area contributed by atoms with Crippen LogP contribution in [0.25, 0.3) is 11.4 Å². The van der Waals surface area contributed by atoms with Gasteiger partial charge < -0.3 is 9.84 Å². The van der Waals surface area contributed by atoms with Gasteiger partial charge in [-0.15, -0.1) is 0 Å². The molecule has 4 heteroatoms. The summed E-state index contributed by atoms with van der Waals surface area (Å²) in [6, 6.07) is 8.07. The van der Waals surface area contributed by atoms with Crippen molar-refractivity contribution in [3.63, 3.8) is 0 Å². The van der Waals surface area contributed by atoms with Crippen molar-refractivity contribution in [1.29, 1.82) is 0 Å². The molecule has 2 aromatic rings. The highest BCUT2D eigenvalue weighted by molar-refractivity contribution is 5.54. The molecule has 0 unspecified atom stereocenters. The van der Waals surface area contributed by atoms with Gasteiger partial charge in [-0.1, -0.05) is 41.6 Å². The SMILES string of the molecule is C=CC[NH2+]Cc1nc(-c2ccc(C)cc2)no1. The topological polar surface area (TPSA) is 55.5 Å². The van der Waals surface area contributed by atoms with Crippen LogP contribution in [0.2, 0.25) is 0 Å². The van der Waals surface area contributed by atoms with Crippen molar-refractivity contribution < 1.29 is 9.84 Å². The van der Waals surface area contributed by atoms with Gasteiger partial charge in [0.15, 0.2) is 6.54 Å². The third-order valence-electron chi connectivity index (χ3n) is 2.43. The fourth-order valence-corrected chi connectivity index (χ4v) is 1.48. The van der Waals surface area contributed by atoms with Crippen LogP contribution in [0.15, 0.2) is 41.4 Å². The Morgan fingerprint density at radius 1 is 1.35 bits per heavy atom. The predicted octanol–water partition coefficient (Wildman–Crippen LogP) is 1.29. The largest absolute Gasteiger partial charge is 0.335 e. The lowest BCUT2D eigenvalue weighted by molar-refractivity contribution is -0.664. The van der Waals surface area contributed by atoms with E-state index in [1.54, 1.807) is 0 Å². The molecule has 0 aliphatic carbocycles. The number of benzene rings is 1. The lowest BCUT2D eigenvalue weighted by Gasteiger charge is -1.94. The maximum Gasteiger partial charge on any atom is 0.282 e. The highest BCUT2D eigenvalue weighted by Crippen LogP contribution is 2.15. The summed E-state index contributed by atoms with van der Waals surface area (Å²) in [6.07, 6.45) is 1.84. The second-order valence-corrected chi connectivity index (χ2v) is 3.89. The van der Waals surface area contributed by atoms with Gasteiger partial charge in [-0.2, -0.15) is 4.98 Å². The average molecular weight is 230 g/mol. The summed E-state index contributed by atoms with van der Waals surface area (Å²) < 4.78 is 5.17. The van der Waals surface area contributed by atoms with E-state index in [-0.39, 0.29) is 0 Å². The second-order valence-electron chi connectivity index (χ2n) is 3.89. The molecule has 17 heavy (non-hydrogen) atoms. The Morgan fingerprint density at radius 2 is 2.12 bits per heavy atom. The molecular weight excluding hydrogens is 214 g/mol. The van der Waals surface area contributed by atoms with E-state index in [4.69, 9.17) is 4.52 Å². The normalized spacial score (nSPS) is 10.4. The number of rotatable bonds is 5. The van der Waals surface area contributed by atoms with Crippen molar-refractivity contribution in [3.8, 4) is 11.4 Å². The summed E-state index contributed by atoms with van der Waals surface area (Å²) in [6.45, 7) is 7.24. The summed E-state index contributed by atoms with van der Waals surface area (Å²) in [5.74, 6) is 1.29. The zero-order valence-corrected chi connectivity index (χ0v) is 9.89. The molecule has 88 valence electrons. The van der Waals surface area contributed by atoms with Gasteiger partial charge in [-0.25, -0.2) is 0 Å². The van der Waals surface area contributed by atoms with Gasteiger partial charge in [-0.05, 0) is 13.0 Å². The molecule has 0 saturated heterocycles. The number of hydrogen-bond acceptors (Lipinski definition) is 3. The minimum Gasteiger partial charge on any atom is -0.335 e. The first-order chi connectivity index (χ1) is 8.29. The Bertz CT molecular complexity index is 488. The Hall–Kier alpha value is -1.94. The number of nitrogens with zero attached hydrogens (tertiary/aromatic N) is 2. The van der Waals surface area contributed by atoms with E-state index in [9.17, 15) is 0 Å². The molecule has 0 spiro atoms. The predicted molar refractivity (Wildman–Crippen MR) is 65.2 cm³/mol. The smallest absolute Gasteiger partial charge is 0.282 e. The summed E-state index contributed by atoms with van der Waals surface area (Å²) >= 11 is 0. The Morgan fingerprint density at radius 3 is 2.82 bits per heavy atom. The van der Waals surface area contributed by atoms with Crippen molar-refractivity contribution in [2.24, 2.45) is 0 Å². The van der Waals surface area contributed by atoms with Crippen LogP contribution >= 0.6 is 0 Å². The van der Waals surface area contributed by atoms with Crippen molar-refractivity contribution in [2.45, 2.75) is 13.5 Å². The maximum absolute atomic E-state index is 5.17. The Balaban J connectivity index is 2.07. The highest BCUT2D eigenvalue weighted by Gasteiger charge is 2.08. The fraction of sp³-hybridized carbons (Fsp3) is 0.231. The van der Waals surface area contributed by atoms with E-state index in [0.29, 0.717) is 18.3 Å². The molecule has 1 aromatic heterocycles. The van der Waals surface area contributed by atoms with E-state index in [2.05, 4.69) is 29.0 Å². The average Bonchev–Trinajstić information content (AvgIpc) is 2.79. The van der Waals surface area contributed by atoms with Crippen LogP contribution in [0.3, 0.4) is 0 Å². The number of nitrogens with two attached hydrogens (primary N) is 1. The van der Waals surface area contributed by atoms with Gasteiger partial charge in [0.05, 0.1) is 6.54 Å². The van der Waals surface area contributed by atoms with Crippen molar-refractivity contribution in [2.75, 3.05) is 6.54 Å². The highest BCUT2D eigenvalue weighted by atomic mass is 16.5. The van der Waals surface area contributed by atoms with Gasteiger partial charge in [-0.3, -0.25) is 0 Å². The fourth-order valence-electron chi connectivity index (χ4n) is 1.48. The van der Waals surface area contributed by atoms with E-state index in [1.165, 1.54) is 5.56 Å². The van der Waals surface area contributed by atoms with Crippen LogP contribution < -0.4 is 5.32 Å². The molecule has 2 rings (SSSR count). The number of quaternary nitrogens is 1. The standard InChI is InChI=1S/C13H15N3O/c1-3-8-14-9-12-15-13(16-17-12)11-6-4-10(2)5-7-11/h3-7,14H,1,8-9H2,2H3/p+1. The Labute approximate surface area is 100 Å². The monoisotopic (exact) mass is 230 g/mol. The molecule has 0 aliphatic heterocycles. The van der Waals surface area contributed by atoms with Gasteiger partial charge in [0.2, 0.25) is 5.82 Å². The molecule has 0 atom stereocenters. The summed E-state index contributed by atoms with van der Waals surface area (Å²) in [4.78, 5) is 4.34. The first kappa shape index (κ1) is 11.5. The Kier molecular flexibility index (Phi) is 3.67. The third kappa shape index (κ3) is 3.01. The third-order valence-corrected chi connectivity index (χ3v) is 2.43. The summed E-state index contributed by atoms with van der Waals surface area (Å²) in [5.41, 5.74) is 2.20. The van der Waals surface area contributed by atoms with Gasteiger partial charge in [0.25, 0.3) is 5.89 Å². The number of aromatic nitrogens is 2. The molecule has 0 bridgehead atoms. The van der Waals surface area contributed by atoms with Crippen LogP contribution in [0.5, 0.6) is 0 Å². The number of aryl methyl sites for hydroxylation is 1. The minimum atomic E-state index is 0.641. The molecule has 0 saturated carbocycles. The van der Waals surface area contributed by atoms with Crippen LogP contribution in [0, 0.1) is 6.92 Å². The van der Waals surface area contributed by atoms with E-state index < -0.39 is 0 Å². The van der Waals surface area contributed by atoms with Crippen molar-refractivity contribution in [3.05, 3.63) is 48.4 Å². The van der Waals surface area contributed by atoms with Crippen LogP contribution in [0.1, 0.15) is 11.5 Å². The van der Waals surface area contributed by atoms with Crippen LogP contribution in [-0.4, -0.2) is 16.7 Å². The van der Waals surface area contributed by atoms with Crippen molar-refractivity contribution >= 4 is 0 Å². The second kappa shape index (κ2) is 5.41. The molecule has 0 radical (unpaired) electrons. The van der Waals surface area contributed by atoms with Gasteiger partial charge in [0.1, 0.15) is 0 Å². The molecule has 0 fully saturated rings. The zero-order valence-electron chi connectivity index (χ0n) is 9.89. The molecule has 0 aliphatic rings. The molecule has 1 aromatic carbocycles. The zero-order chi connectivity index (χ0) is 12.1. The molecular formula is C13H16N3O+. The first-order valence-electron chi connectivity index (χ1n) is 5.62. The lowest BCUT2D eigenvalue weighted by Crippen LogP contribution is -2.82. The minimum absolute atomic E-state index is 0.641. The molecule has 1 heterocycles. The molecule has 2 N–H and O–H groups in total. The molecule has 4 nitrogen and oxygen atoms in total. The van der Waals surface area contributed by atoms with Gasteiger partial charge in [0, 0.05) is 5.56 Å². The van der Waals surface area contributed by atoms with Crippen LogP contribution in [0.4, 0.5) is 0 Å². The van der Waals surface area contributed by atoms with Gasteiger partial charge >= 0.3 is 0 Å². The van der Waals surface area contributed by atoms with E-state index >= 15 is 0 Å². The lowest BCUT2D eigenvalue weighted by atomic mass is 10.1. The molecule has 0 amide bonds. The maximum atomic E-state index is 5.17. The number of hydrogen-bond donors (Lipinski definition) is 1. The summed E-state index contributed by atoms with van der Waals surface area (Å²) in [5, 5.41) is 6.02. The van der Waals surface area contributed by atoms with E-state index in [1.807, 2.05) is 30.3 Å². The van der Waals surface area contributed by atoms with Crippen LogP contribution in [-0.2, 0) is 6.54 Å².